The van der Waals surface area contributed by atoms with E-state index in [4.69, 9.17) is 5.14 Å². The maximum atomic E-state index is 14.3. The van der Waals surface area contributed by atoms with Crippen molar-refractivity contribution >= 4 is 10.0 Å². The van der Waals surface area contributed by atoms with E-state index in [1.165, 1.54) is 10.6 Å². The molecule has 0 saturated carbocycles. The van der Waals surface area contributed by atoms with Crippen molar-refractivity contribution in [1.82, 2.24) is 14.8 Å². The minimum absolute atomic E-state index is 0.132. The SMILES string of the molecule is Cc1cccc(-c2nnc(S(N)(=O)=O)n2C(C)(C)C)c1F. The number of benzene rings is 1. The number of nitrogens with zero attached hydrogens (tertiary/aromatic N) is 3. The maximum Gasteiger partial charge on any atom is 0.273 e. The molecule has 0 amide bonds. The molecule has 1 aromatic heterocycles. The monoisotopic (exact) mass is 312 g/mol. The molecule has 21 heavy (non-hydrogen) atoms. The van der Waals surface area contributed by atoms with Crippen molar-refractivity contribution < 1.29 is 12.8 Å². The van der Waals surface area contributed by atoms with E-state index in [1.807, 2.05) is 0 Å². The first-order chi connectivity index (χ1) is 9.53. The Kier molecular flexibility index (Phi) is 3.63. The lowest BCUT2D eigenvalue weighted by Gasteiger charge is -2.24. The average molecular weight is 312 g/mol. The van der Waals surface area contributed by atoms with Crippen molar-refractivity contribution in [3.8, 4) is 11.4 Å². The Morgan fingerprint density at radius 1 is 1.24 bits per heavy atom. The highest BCUT2D eigenvalue weighted by Crippen LogP contribution is 2.30. The summed E-state index contributed by atoms with van der Waals surface area (Å²) in [5, 5.41) is 12.3. The summed E-state index contributed by atoms with van der Waals surface area (Å²) in [6.07, 6.45) is 0. The van der Waals surface area contributed by atoms with Gasteiger partial charge in [0.05, 0.1) is 5.56 Å². The fourth-order valence-corrected chi connectivity index (χ4v) is 2.82. The number of aryl methyl sites for hydroxylation is 1. The van der Waals surface area contributed by atoms with E-state index in [2.05, 4.69) is 10.2 Å². The van der Waals surface area contributed by atoms with Gasteiger partial charge in [-0.2, -0.15) is 0 Å². The fraction of sp³-hybridized carbons (Fsp3) is 0.385. The first kappa shape index (κ1) is 15.6. The zero-order valence-corrected chi connectivity index (χ0v) is 13.1. The second-order valence-electron chi connectivity index (χ2n) is 5.79. The van der Waals surface area contributed by atoms with Crippen LogP contribution in [-0.4, -0.2) is 23.2 Å². The van der Waals surface area contributed by atoms with Crippen molar-refractivity contribution in [2.75, 3.05) is 0 Å². The quantitative estimate of drug-likeness (QED) is 0.915. The molecule has 0 saturated heterocycles. The molecular formula is C13H17FN4O2S. The predicted molar refractivity (Wildman–Crippen MR) is 76.5 cm³/mol. The molecule has 0 bridgehead atoms. The summed E-state index contributed by atoms with van der Waals surface area (Å²) in [6.45, 7) is 6.92. The van der Waals surface area contributed by atoms with Gasteiger partial charge >= 0.3 is 0 Å². The Labute approximate surface area is 122 Å². The van der Waals surface area contributed by atoms with Crippen LogP contribution in [0.2, 0.25) is 0 Å². The molecule has 0 aliphatic heterocycles. The molecule has 2 rings (SSSR count). The van der Waals surface area contributed by atoms with Gasteiger partial charge in [0.25, 0.3) is 15.2 Å². The highest BCUT2D eigenvalue weighted by Gasteiger charge is 2.30. The van der Waals surface area contributed by atoms with Crippen LogP contribution >= 0.6 is 0 Å². The van der Waals surface area contributed by atoms with E-state index in [-0.39, 0.29) is 16.5 Å². The van der Waals surface area contributed by atoms with E-state index < -0.39 is 21.4 Å². The molecule has 114 valence electrons. The summed E-state index contributed by atoms with van der Waals surface area (Å²) >= 11 is 0. The summed E-state index contributed by atoms with van der Waals surface area (Å²) in [5.74, 6) is -0.330. The number of nitrogens with two attached hydrogens (primary N) is 1. The van der Waals surface area contributed by atoms with Crippen molar-refractivity contribution in [2.24, 2.45) is 5.14 Å². The van der Waals surface area contributed by atoms with Gasteiger partial charge in [-0.15, -0.1) is 10.2 Å². The van der Waals surface area contributed by atoms with Crippen molar-refractivity contribution in [2.45, 2.75) is 38.4 Å². The van der Waals surface area contributed by atoms with Gasteiger partial charge in [0.2, 0.25) is 0 Å². The predicted octanol–water partition coefficient (Wildman–Crippen LogP) is 1.80. The topological polar surface area (TPSA) is 90.9 Å². The van der Waals surface area contributed by atoms with Crippen LogP contribution in [0.3, 0.4) is 0 Å². The number of hydrogen-bond acceptors (Lipinski definition) is 4. The van der Waals surface area contributed by atoms with Gasteiger partial charge in [-0.3, -0.25) is 4.57 Å². The molecule has 0 fully saturated rings. The van der Waals surface area contributed by atoms with Gasteiger partial charge in [0.1, 0.15) is 5.82 Å². The van der Waals surface area contributed by atoms with E-state index >= 15 is 0 Å². The Balaban J connectivity index is 2.83. The third-order valence-electron chi connectivity index (χ3n) is 2.99. The number of sulfonamides is 1. The maximum absolute atomic E-state index is 14.3. The molecule has 8 heteroatoms. The Bertz CT molecular complexity index is 791. The molecular weight excluding hydrogens is 295 g/mol. The van der Waals surface area contributed by atoms with E-state index in [9.17, 15) is 12.8 Å². The molecule has 6 nitrogen and oxygen atoms in total. The molecule has 0 radical (unpaired) electrons. The molecule has 0 spiro atoms. The molecule has 0 aliphatic carbocycles. The number of primary sulfonamides is 1. The Hall–Kier alpha value is -1.80. The first-order valence-electron chi connectivity index (χ1n) is 6.27. The van der Waals surface area contributed by atoms with Crippen LogP contribution in [0.1, 0.15) is 26.3 Å². The van der Waals surface area contributed by atoms with E-state index in [0.29, 0.717) is 5.56 Å². The summed E-state index contributed by atoms with van der Waals surface area (Å²) in [6, 6.07) is 4.82. The summed E-state index contributed by atoms with van der Waals surface area (Å²) in [4.78, 5) is 0. The van der Waals surface area contributed by atoms with Gasteiger partial charge in [-0.05, 0) is 39.3 Å². The molecule has 2 N–H and O–H groups in total. The highest BCUT2D eigenvalue weighted by molar-refractivity contribution is 7.89. The summed E-state index contributed by atoms with van der Waals surface area (Å²) < 4.78 is 38.9. The number of halogens is 1. The Morgan fingerprint density at radius 3 is 2.38 bits per heavy atom. The zero-order chi connectivity index (χ0) is 16.0. The smallest absolute Gasteiger partial charge is 0.273 e. The lowest BCUT2D eigenvalue weighted by Crippen LogP contribution is -2.29. The van der Waals surface area contributed by atoms with Gasteiger partial charge in [0.15, 0.2) is 5.82 Å². The zero-order valence-electron chi connectivity index (χ0n) is 12.3. The third kappa shape index (κ3) is 2.81. The van der Waals surface area contributed by atoms with Crippen LogP contribution in [0.4, 0.5) is 4.39 Å². The lowest BCUT2D eigenvalue weighted by molar-refractivity contribution is 0.365. The number of rotatable bonds is 2. The van der Waals surface area contributed by atoms with Crippen LogP contribution in [0, 0.1) is 12.7 Å². The largest absolute Gasteiger partial charge is 0.291 e. The molecule has 2 aromatic rings. The first-order valence-corrected chi connectivity index (χ1v) is 7.82. The van der Waals surface area contributed by atoms with Crippen molar-refractivity contribution in [3.05, 3.63) is 29.6 Å². The third-order valence-corrected chi connectivity index (χ3v) is 3.76. The number of aromatic nitrogens is 3. The molecule has 0 aliphatic rings. The van der Waals surface area contributed by atoms with E-state index in [0.717, 1.165) is 0 Å². The van der Waals surface area contributed by atoms with Crippen LogP contribution < -0.4 is 5.14 Å². The number of hydrogen-bond donors (Lipinski definition) is 1. The molecule has 0 atom stereocenters. The molecule has 1 aromatic carbocycles. The fourth-order valence-electron chi connectivity index (χ4n) is 2.05. The normalized spacial score (nSPS) is 12.7. The van der Waals surface area contributed by atoms with Gasteiger partial charge in [0, 0.05) is 5.54 Å². The van der Waals surface area contributed by atoms with Crippen molar-refractivity contribution in [3.63, 3.8) is 0 Å². The molecule has 0 unspecified atom stereocenters. The average Bonchev–Trinajstić information content (AvgIpc) is 2.76. The minimum atomic E-state index is -4.06. The van der Waals surface area contributed by atoms with Gasteiger partial charge in [-0.25, -0.2) is 17.9 Å². The van der Waals surface area contributed by atoms with Gasteiger partial charge in [-0.1, -0.05) is 12.1 Å². The van der Waals surface area contributed by atoms with Crippen LogP contribution in [0.5, 0.6) is 0 Å². The minimum Gasteiger partial charge on any atom is -0.291 e. The molecule has 1 heterocycles. The van der Waals surface area contributed by atoms with Crippen LogP contribution in [0.25, 0.3) is 11.4 Å². The summed E-state index contributed by atoms with van der Waals surface area (Å²) in [5.41, 5.74) is -0.0583. The second kappa shape index (κ2) is 4.88. The van der Waals surface area contributed by atoms with Crippen LogP contribution in [0.15, 0.2) is 23.4 Å². The second-order valence-corrected chi connectivity index (χ2v) is 7.25. The standard InChI is InChI=1S/C13H17FN4O2S/c1-8-6-5-7-9(10(8)14)11-16-17-12(21(15,19)20)18(11)13(2,3)4/h5-7H,1-4H3,(H2,15,19,20). The van der Waals surface area contributed by atoms with Crippen LogP contribution in [-0.2, 0) is 15.6 Å². The summed E-state index contributed by atoms with van der Waals surface area (Å²) in [7, 11) is -4.06. The van der Waals surface area contributed by atoms with Gasteiger partial charge < -0.3 is 0 Å². The van der Waals surface area contributed by atoms with E-state index in [1.54, 1.807) is 39.8 Å². The highest BCUT2D eigenvalue weighted by atomic mass is 32.2. The lowest BCUT2D eigenvalue weighted by atomic mass is 10.1. The Morgan fingerprint density at radius 2 is 1.86 bits per heavy atom. The van der Waals surface area contributed by atoms with Crippen molar-refractivity contribution in [1.29, 1.82) is 0 Å².